The molecule has 0 spiro atoms. The van der Waals surface area contributed by atoms with Gasteiger partial charge in [0.1, 0.15) is 0 Å². The summed E-state index contributed by atoms with van der Waals surface area (Å²) >= 11 is 0. The molecule has 0 radical (unpaired) electrons. The lowest BCUT2D eigenvalue weighted by atomic mass is 9.70. The Morgan fingerprint density at radius 3 is 1.50 bits per heavy atom. The van der Waals surface area contributed by atoms with Crippen LogP contribution in [-0.4, -0.2) is 14.4 Å². The second-order valence-corrected chi connectivity index (χ2v) is 13.5. The summed E-state index contributed by atoms with van der Waals surface area (Å²) in [5.74, 6) is 0.765. The minimum atomic E-state index is -2.66. The average molecular weight is 413 g/mol. The Morgan fingerprint density at radius 1 is 0.700 bits per heavy atom. The fourth-order valence-electron chi connectivity index (χ4n) is 6.45. The zero-order valence-corrected chi connectivity index (χ0v) is 19.3. The lowest BCUT2D eigenvalue weighted by Gasteiger charge is -2.48. The minimum absolute atomic E-state index is 0.198. The monoisotopic (exact) mass is 412 g/mol. The van der Waals surface area contributed by atoms with E-state index in [1.165, 1.54) is 34.8 Å². The van der Waals surface area contributed by atoms with Crippen molar-refractivity contribution in [2.75, 3.05) is 0 Å². The van der Waals surface area contributed by atoms with Crippen molar-refractivity contribution in [3.63, 3.8) is 0 Å². The molecular formula is C28H32OSi. The molecule has 0 aromatic heterocycles. The van der Waals surface area contributed by atoms with Crippen molar-refractivity contribution < 1.29 is 4.43 Å². The summed E-state index contributed by atoms with van der Waals surface area (Å²) in [5.41, 5.74) is 0.467. The van der Waals surface area contributed by atoms with E-state index in [4.69, 9.17) is 4.43 Å². The van der Waals surface area contributed by atoms with Gasteiger partial charge in [-0.2, -0.15) is 0 Å². The summed E-state index contributed by atoms with van der Waals surface area (Å²) in [7, 11) is -2.66. The normalized spacial score (nSPS) is 27.3. The summed E-state index contributed by atoms with van der Waals surface area (Å²) in [5, 5.41) is 4.01. The van der Waals surface area contributed by atoms with Gasteiger partial charge in [-0.1, -0.05) is 112 Å². The van der Waals surface area contributed by atoms with Crippen molar-refractivity contribution in [3.05, 3.63) is 91.0 Å². The quantitative estimate of drug-likeness (QED) is 0.428. The number of hydrogen-bond donors (Lipinski definition) is 0. The largest absolute Gasteiger partial charge is 0.400 e. The molecule has 2 bridgehead atoms. The van der Waals surface area contributed by atoms with Gasteiger partial charge in [-0.25, -0.2) is 0 Å². The molecule has 154 valence electrons. The minimum Gasteiger partial charge on any atom is -0.400 e. The van der Waals surface area contributed by atoms with Gasteiger partial charge in [0.2, 0.25) is 0 Å². The Morgan fingerprint density at radius 2 is 1.13 bits per heavy atom. The van der Waals surface area contributed by atoms with Crippen LogP contribution in [0.1, 0.15) is 40.0 Å². The lowest BCUT2D eigenvalue weighted by molar-refractivity contribution is -0.0167. The zero-order chi connectivity index (χ0) is 20.8. The number of fused-ring (bicyclic) bond motifs is 2. The fraction of sp³-hybridized carbons (Fsp3) is 0.357. The molecule has 5 rings (SSSR count). The Kier molecular flexibility index (Phi) is 4.76. The standard InChI is InChI=1S/C28H32OSi/c1-27(2)22-19-20-28(3,21-22)26(27)29-30(23-13-7-4-8-14-23,24-15-9-5-10-16-24)25-17-11-6-12-18-25/h4-18,22,26H,19-21H2,1-3H3/t22-,26+,28+/m0/s1. The Bertz CT molecular complexity index is 897. The van der Waals surface area contributed by atoms with Gasteiger partial charge in [0.15, 0.2) is 0 Å². The molecule has 3 aromatic rings. The van der Waals surface area contributed by atoms with Crippen LogP contribution in [0.3, 0.4) is 0 Å². The van der Waals surface area contributed by atoms with Crippen molar-refractivity contribution in [1.29, 1.82) is 0 Å². The number of benzene rings is 3. The van der Waals surface area contributed by atoms with E-state index in [9.17, 15) is 0 Å². The lowest BCUT2D eigenvalue weighted by Crippen LogP contribution is -2.72. The summed E-state index contributed by atoms with van der Waals surface area (Å²) in [6.07, 6.45) is 4.19. The van der Waals surface area contributed by atoms with E-state index in [2.05, 4.69) is 112 Å². The van der Waals surface area contributed by atoms with E-state index in [0.29, 0.717) is 0 Å². The first-order valence-corrected chi connectivity index (χ1v) is 13.2. The van der Waals surface area contributed by atoms with Gasteiger partial charge in [-0.3, -0.25) is 0 Å². The predicted molar refractivity (Wildman–Crippen MR) is 128 cm³/mol. The van der Waals surface area contributed by atoms with Gasteiger partial charge in [-0.15, -0.1) is 0 Å². The van der Waals surface area contributed by atoms with E-state index >= 15 is 0 Å². The molecule has 30 heavy (non-hydrogen) atoms. The van der Waals surface area contributed by atoms with Crippen molar-refractivity contribution in [1.82, 2.24) is 0 Å². The van der Waals surface area contributed by atoms with Crippen molar-refractivity contribution in [2.45, 2.75) is 46.1 Å². The third-order valence-electron chi connectivity index (χ3n) is 7.97. The Labute approximate surface area is 182 Å². The van der Waals surface area contributed by atoms with Crippen LogP contribution in [0.15, 0.2) is 91.0 Å². The molecule has 3 aromatic carbocycles. The molecule has 0 N–H and O–H groups in total. The van der Waals surface area contributed by atoms with Crippen LogP contribution in [-0.2, 0) is 4.43 Å². The van der Waals surface area contributed by atoms with E-state index in [0.717, 1.165) is 5.92 Å². The van der Waals surface area contributed by atoms with Gasteiger partial charge in [0.05, 0.1) is 6.10 Å². The van der Waals surface area contributed by atoms with Crippen LogP contribution in [0.25, 0.3) is 0 Å². The van der Waals surface area contributed by atoms with Gasteiger partial charge in [0.25, 0.3) is 8.32 Å². The Hall–Kier alpha value is -2.16. The highest BCUT2D eigenvalue weighted by Gasteiger charge is 2.62. The highest BCUT2D eigenvalue weighted by atomic mass is 28.4. The highest BCUT2D eigenvalue weighted by molar-refractivity contribution is 7.07. The van der Waals surface area contributed by atoms with Crippen LogP contribution in [0.4, 0.5) is 0 Å². The van der Waals surface area contributed by atoms with Gasteiger partial charge in [-0.05, 0) is 51.6 Å². The second-order valence-electron chi connectivity index (χ2n) is 10.2. The molecule has 3 atom stereocenters. The van der Waals surface area contributed by atoms with Crippen LogP contribution < -0.4 is 15.6 Å². The summed E-state index contributed by atoms with van der Waals surface area (Å²) in [6, 6.07) is 33.1. The summed E-state index contributed by atoms with van der Waals surface area (Å²) < 4.78 is 7.65. The van der Waals surface area contributed by atoms with Gasteiger partial charge >= 0.3 is 0 Å². The topological polar surface area (TPSA) is 9.23 Å². The maximum absolute atomic E-state index is 7.65. The van der Waals surface area contributed by atoms with Crippen LogP contribution in [0.2, 0.25) is 0 Å². The summed E-state index contributed by atoms with van der Waals surface area (Å²) in [6.45, 7) is 7.38. The van der Waals surface area contributed by atoms with Gasteiger partial charge in [0, 0.05) is 0 Å². The smallest absolute Gasteiger partial charge is 0.288 e. The second kappa shape index (κ2) is 7.21. The van der Waals surface area contributed by atoms with Crippen molar-refractivity contribution in [2.24, 2.45) is 16.7 Å². The maximum Gasteiger partial charge on any atom is 0.288 e. The molecule has 2 fully saturated rings. The van der Waals surface area contributed by atoms with Crippen LogP contribution in [0.5, 0.6) is 0 Å². The fourth-order valence-corrected chi connectivity index (χ4v) is 10.8. The van der Waals surface area contributed by atoms with E-state index in [1.54, 1.807) is 0 Å². The molecule has 2 aliphatic carbocycles. The first-order valence-electron chi connectivity index (χ1n) is 11.3. The van der Waals surface area contributed by atoms with Gasteiger partial charge < -0.3 is 4.43 Å². The predicted octanol–water partition coefficient (Wildman–Crippen LogP) is 4.88. The third kappa shape index (κ3) is 2.92. The number of rotatable bonds is 5. The van der Waals surface area contributed by atoms with Crippen LogP contribution >= 0.6 is 0 Å². The van der Waals surface area contributed by atoms with Crippen molar-refractivity contribution >= 4 is 23.9 Å². The SMILES string of the molecule is CC1(C)[C@H]2CC[C@](C)(C2)[C@@H]1O[Si](c1ccccc1)(c1ccccc1)c1ccccc1. The molecule has 2 saturated carbocycles. The molecule has 0 heterocycles. The molecule has 2 aliphatic rings. The average Bonchev–Trinajstić information content (AvgIpc) is 3.27. The molecular weight excluding hydrogens is 380 g/mol. The molecule has 0 aliphatic heterocycles. The highest BCUT2D eigenvalue weighted by Crippen LogP contribution is 2.63. The first-order chi connectivity index (χ1) is 14.5. The summed E-state index contributed by atoms with van der Waals surface area (Å²) in [4.78, 5) is 0. The molecule has 1 nitrogen and oxygen atoms in total. The number of hydrogen-bond acceptors (Lipinski definition) is 1. The first kappa shape index (κ1) is 19.8. The molecule has 0 amide bonds. The molecule has 0 unspecified atom stereocenters. The van der Waals surface area contributed by atoms with E-state index < -0.39 is 8.32 Å². The third-order valence-corrected chi connectivity index (χ3v) is 12.0. The van der Waals surface area contributed by atoms with Crippen LogP contribution in [0, 0.1) is 16.7 Å². The van der Waals surface area contributed by atoms with Crippen molar-refractivity contribution in [3.8, 4) is 0 Å². The molecule has 0 saturated heterocycles. The molecule has 2 heteroatoms. The Balaban J connectivity index is 1.75. The zero-order valence-electron chi connectivity index (χ0n) is 18.3. The van der Waals surface area contributed by atoms with E-state index in [1.807, 2.05) is 0 Å². The maximum atomic E-state index is 7.65. The van der Waals surface area contributed by atoms with E-state index in [-0.39, 0.29) is 16.9 Å².